The number of nitrogens with zero attached hydrogens (tertiary/aromatic N) is 1. The Bertz CT molecular complexity index is 1270. The van der Waals surface area contributed by atoms with Gasteiger partial charge in [-0.1, -0.05) is 41.4 Å². The summed E-state index contributed by atoms with van der Waals surface area (Å²) in [4.78, 5) is 52.9. The zero-order valence-corrected chi connectivity index (χ0v) is 19.3. The first kappa shape index (κ1) is 21.6. The van der Waals surface area contributed by atoms with Crippen LogP contribution in [-0.4, -0.2) is 30.2 Å². The largest absolute Gasteiger partial charge is 0.454 e. The summed E-state index contributed by atoms with van der Waals surface area (Å²) >= 11 is 11.9. The highest BCUT2D eigenvalue weighted by atomic mass is 35.5. The molecule has 5 aliphatic rings. The van der Waals surface area contributed by atoms with E-state index in [-0.39, 0.29) is 51.6 Å². The van der Waals surface area contributed by atoms with Crippen LogP contribution in [0.5, 0.6) is 0 Å². The van der Waals surface area contributed by atoms with Crippen molar-refractivity contribution in [2.75, 3.05) is 11.5 Å². The second-order valence-electron chi connectivity index (χ2n) is 9.34. The molecule has 2 aromatic rings. The Morgan fingerprint density at radius 2 is 1.62 bits per heavy atom. The number of ketones is 1. The Morgan fingerprint density at radius 1 is 0.941 bits per heavy atom. The first-order valence-electron chi connectivity index (χ1n) is 11.2. The molecular weight excluding hydrogens is 477 g/mol. The lowest BCUT2D eigenvalue weighted by atomic mass is 9.63. The van der Waals surface area contributed by atoms with Gasteiger partial charge in [-0.3, -0.25) is 14.4 Å². The predicted molar refractivity (Wildman–Crippen MR) is 125 cm³/mol. The number of ether oxygens (including phenoxy) is 1. The zero-order valence-electron chi connectivity index (χ0n) is 17.8. The van der Waals surface area contributed by atoms with Gasteiger partial charge < -0.3 is 4.74 Å². The van der Waals surface area contributed by atoms with Crippen LogP contribution in [0.25, 0.3) is 0 Å². The van der Waals surface area contributed by atoms with Gasteiger partial charge in [0.1, 0.15) is 0 Å². The predicted octanol–water partition coefficient (Wildman–Crippen LogP) is 4.59. The molecule has 0 radical (unpaired) electrons. The Hall–Kier alpha value is -2.96. The number of anilines is 1. The molecule has 1 heterocycles. The summed E-state index contributed by atoms with van der Waals surface area (Å²) < 4.78 is 5.18. The van der Waals surface area contributed by atoms with Crippen molar-refractivity contribution in [3.8, 4) is 0 Å². The number of carbonyl (C=O) groups excluding carboxylic acids is 4. The fraction of sp³-hybridized carbons (Fsp3) is 0.308. The summed E-state index contributed by atoms with van der Waals surface area (Å²) in [6.07, 6.45) is 5.33. The maximum atomic E-state index is 13.3. The molecule has 34 heavy (non-hydrogen) atoms. The second-order valence-corrected chi connectivity index (χ2v) is 10.2. The van der Waals surface area contributed by atoms with Crippen LogP contribution in [0.4, 0.5) is 5.69 Å². The van der Waals surface area contributed by atoms with Crippen molar-refractivity contribution < 1.29 is 23.9 Å². The van der Waals surface area contributed by atoms with Gasteiger partial charge in [-0.25, -0.2) is 9.69 Å². The van der Waals surface area contributed by atoms with Gasteiger partial charge >= 0.3 is 5.97 Å². The summed E-state index contributed by atoms with van der Waals surface area (Å²) in [5, 5.41) is 0.561. The van der Waals surface area contributed by atoms with Gasteiger partial charge in [-0.05, 0) is 66.5 Å². The van der Waals surface area contributed by atoms with Gasteiger partial charge in [0.15, 0.2) is 6.61 Å². The molecule has 6 atom stereocenters. The molecule has 0 unspecified atom stereocenters. The van der Waals surface area contributed by atoms with Crippen LogP contribution in [-0.2, 0) is 14.3 Å². The summed E-state index contributed by atoms with van der Waals surface area (Å²) in [6, 6.07) is 10.6. The van der Waals surface area contributed by atoms with Gasteiger partial charge in [0.05, 0.1) is 28.1 Å². The van der Waals surface area contributed by atoms with Gasteiger partial charge in [0, 0.05) is 10.6 Å². The molecule has 4 aliphatic carbocycles. The summed E-state index contributed by atoms with van der Waals surface area (Å²) in [5.41, 5.74) is 0.690. The minimum Gasteiger partial charge on any atom is -0.454 e. The monoisotopic (exact) mass is 495 g/mol. The van der Waals surface area contributed by atoms with Crippen molar-refractivity contribution in [1.29, 1.82) is 0 Å². The van der Waals surface area contributed by atoms with E-state index < -0.39 is 18.4 Å². The maximum absolute atomic E-state index is 13.3. The number of esters is 1. The molecule has 7 rings (SSSR count). The molecule has 0 aromatic heterocycles. The van der Waals surface area contributed by atoms with E-state index in [0.717, 1.165) is 6.42 Å². The highest BCUT2D eigenvalue weighted by Gasteiger charge is 2.67. The van der Waals surface area contributed by atoms with E-state index >= 15 is 0 Å². The molecule has 1 aliphatic heterocycles. The molecule has 8 heteroatoms. The quantitative estimate of drug-likeness (QED) is 0.262. The van der Waals surface area contributed by atoms with E-state index in [9.17, 15) is 19.2 Å². The standard InChI is InChI=1S/C26H19Cl2NO5/c27-13-4-5-17(20(28)9-13)21(30)11-34-26(33)12-2-1-3-14(8-12)29-24(31)22-15-6-7-16(19-10-18(15)19)23(22)25(29)32/h1-9,15-16,18-19,22-23H,10-11H2/t15-,16+,18-,19-,22+,23+/m1/s1. The normalized spacial score (nSPS) is 30.2. The molecule has 1 saturated heterocycles. The number of hydrogen-bond donors (Lipinski definition) is 0. The molecule has 2 amide bonds. The van der Waals surface area contributed by atoms with Crippen molar-refractivity contribution in [2.24, 2.45) is 35.5 Å². The fourth-order valence-electron chi connectivity index (χ4n) is 5.99. The van der Waals surface area contributed by atoms with Crippen LogP contribution in [0.15, 0.2) is 54.6 Å². The molecule has 0 spiro atoms. The number of benzene rings is 2. The van der Waals surface area contributed by atoms with Crippen molar-refractivity contribution in [1.82, 2.24) is 0 Å². The van der Waals surface area contributed by atoms with Crippen molar-refractivity contribution in [3.05, 3.63) is 75.8 Å². The Labute approximate surface area is 205 Å². The number of allylic oxidation sites excluding steroid dienone is 2. The SMILES string of the molecule is O=C(OCC(=O)c1ccc(Cl)cc1Cl)c1cccc(N2C(=O)[C@H]3[C@@H]4C=C[C@@H]([C@H]5C[C@H]45)[C@@H]3C2=O)c1. The van der Waals surface area contributed by atoms with E-state index in [0.29, 0.717) is 22.5 Å². The third-order valence-electron chi connectivity index (χ3n) is 7.57. The molecule has 2 bridgehead atoms. The topological polar surface area (TPSA) is 80.8 Å². The number of rotatable bonds is 5. The third-order valence-corrected chi connectivity index (χ3v) is 8.12. The number of carbonyl (C=O) groups is 4. The molecule has 2 saturated carbocycles. The molecular formula is C26H19Cl2NO5. The fourth-order valence-corrected chi connectivity index (χ4v) is 6.51. The zero-order chi connectivity index (χ0) is 23.7. The van der Waals surface area contributed by atoms with Gasteiger partial charge in [-0.2, -0.15) is 0 Å². The summed E-state index contributed by atoms with van der Waals surface area (Å²) in [5.74, 6) is -0.952. The lowest BCUT2D eigenvalue weighted by molar-refractivity contribution is -0.124. The van der Waals surface area contributed by atoms with Gasteiger partial charge in [-0.15, -0.1) is 0 Å². The van der Waals surface area contributed by atoms with Crippen LogP contribution >= 0.6 is 23.2 Å². The maximum Gasteiger partial charge on any atom is 0.338 e. The molecule has 3 fully saturated rings. The number of Topliss-reactive ketones (excluding diaryl/α,β-unsaturated/α-hetero) is 1. The van der Waals surface area contributed by atoms with Crippen molar-refractivity contribution in [3.63, 3.8) is 0 Å². The van der Waals surface area contributed by atoms with E-state index in [4.69, 9.17) is 27.9 Å². The van der Waals surface area contributed by atoms with E-state index in [2.05, 4.69) is 12.2 Å². The Kier molecular flexibility index (Phi) is 4.94. The summed E-state index contributed by atoms with van der Waals surface area (Å²) in [6.45, 7) is -0.506. The highest BCUT2D eigenvalue weighted by molar-refractivity contribution is 6.36. The minimum absolute atomic E-state index is 0.125. The van der Waals surface area contributed by atoms with Crippen molar-refractivity contribution in [2.45, 2.75) is 6.42 Å². The van der Waals surface area contributed by atoms with E-state index in [1.807, 2.05) is 0 Å². The Morgan fingerprint density at radius 3 is 2.26 bits per heavy atom. The van der Waals surface area contributed by atoms with Gasteiger partial charge in [0.2, 0.25) is 17.6 Å². The lowest BCUT2D eigenvalue weighted by Crippen LogP contribution is -2.40. The number of hydrogen-bond acceptors (Lipinski definition) is 5. The molecule has 172 valence electrons. The first-order chi connectivity index (χ1) is 16.3. The average Bonchev–Trinajstić information content (AvgIpc) is 3.60. The van der Waals surface area contributed by atoms with Crippen molar-refractivity contribution >= 4 is 52.5 Å². The molecule has 2 aromatic carbocycles. The number of amides is 2. The molecule has 6 nitrogen and oxygen atoms in total. The van der Waals surface area contributed by atoms with Crippen LogP contribution in [0.2, 0.25) is 10.0 Å². The Balaban J connectivity index is 1.19. The van der Waals surface area contributed by atoms with Crippen LogP contribution in [0, 0.1) is 35.5 Å². The van der Waals surface area contributed by atoms with E-state index in [1.165, 1.54) is 35.2 Å². The number of imide groups is 1. The smallest absolute Gasteiger partial charge is 0.338 e. The van der Waals surface area contributed by atoms with E-state index in [1.54, 1.807) is 12.1 Å². The minimum atomic E-state index is -0.736. The summed E-state index contributed by atoms with van der Waals surface area (Å²) in [7, 11) is 0. The second kappa shape index (κ2) is 7.79. The van der Waals surface area contributed by atoms with Crippen LogP contribution < -0.4 is 4.90 Å². The third kappa shape index (κ3) is 3.23. The average molecular weight is 496 g/mol. The number of halogens is 2. The van der Waals surface area contributed by atoms with Gasteiger partial charge in [0.25, 0.3) is 0 Å². The highest BCUT2D eigenvalue weighted by Crippen LogP contribution is 2.65. The van der Waals surface area contributed by atoms with Crippen LogP contribution in [0.1, 0.15) is 27.1 Å². The first-order valence-corrected chi connectivity index (χ1v) is 11.9. The lowest BCUT2D eigenvalue weighted by Gasteiger charge is -2.37. The van der Waals surface area contributed by atoms with Crippen LogP contribution in [0.3, 0.4) is 0 Å². The molecule has 0 N–H and O–H groups in total.